The van der Waals surface area contributed by atoms with Gasteiger partial charge in [0, 0.05) is 23.5 Å². The zero-order valence-corrected chi connectivity index (χ0v) is 13.0. The van der Waals surface area contributed by atoms with Gasteiger partial charge in [-0.3, -0.25) is 9.20 Å². The predicted octanol–water partition coefficient (Wildman–Crippen LogP) is 1.21. The van der Waals surface area contributed by atoms with Crippen LogP contribution in [0.2, 0.25) is 0 Å². The molecule has 0 unspecified atom stereocenters. The molecule has 0 spiro atoms. The number of fused-ring (bicyclic) bond motifs is 3. The molecule has 116 valence electrons. The maximum absolute atomic E-state index is 12.5. The molecule has 0 aromatic carbocycles. The molecule has 0 radical (unpaired) electrons. The topological polar surface area (TPSA) is 112 Å². The first-order chi connectivity index (χ1) is 10.4. The average molecular weight is 341 g/mol. The summed E-state index contributed by atoms with van der Waals surface area (Å²) < 4.78 is 1.31. The fourth-order valence-corrected chi connectivity index (χ4v) is 4.23. The molecule has 0 atom stereocenters. The van der Waals surface area contributed by atoms with Crippen molar-refractivity contribution >= 4 is 40.1 Å². The van der Waals surface area contributed by atoms with Gasteiger partial charge in [0.1, 0.15) is 5.03 Å². The molecule has 0 bridgehead atoms. The third-order valence-corrected chi connectivity index (χ3v) is 5.21. The minimum absolute atomic E-state index is 0.172. The summed E-state index contributed by atoms with van der Waals surface area (Å²) in [6, 6.07) is 0. The highest BCUT2D eigenvalue weighted by atomic mass is 32.2. The SMILES string of the molecule is CSc1nc2sc3c(n2c(=O)c1C(=O)O)CCN(C(=O)O)C3. The fourth-order valence-electron chi connectivity index (χ4n) is 2.45. The number of hydrogen-bond acceptors (Lipinski definition) is 6. The Kier molecular flexibility index (Phi) is 3.57. The molecule has 3 heterocycles. The van der Waals surface area contributed by atoms with Crippen LogP contribution in [-0.4, -0.2) is 49.4 Å². The van der Waals surface area contributed by atoms with Crippen LogP contribution in [-0.2, 0) is 13.0 Å². The number of amides is 1. The lowest BCUT2D eigenvalue weighted by atomic mass is 10.2. The quantitative estimate of drug-likeness (QED) is 0.623. The lowest BCUT2D eigenvalue weighted by Crippen LogP contribution is -2.35. The fraction of sp³-hybridized carbons (Fsp3) is 0.333. The maximum atomic E-state index is 12.5. The van der Waals surface area contributed by atoms with Crippen molar-refractivity contribution in [3.8, 4) is 0 Å². The Morgan fingerprint density at radius 3 is 2.68 bits per heavy atom. The maximum Gasteiger partial charge on any atom is 0.407 e. The summed E-state index contributed by atoms with van der Waals surface area (Å²) in [5.74, 6) is -1.31. The highest BCUT2D eigenvalue weighted by Gasteiger charge is 2.28. The number of nitrogens with zero attached hydrogens (tertiary/aromatic N) is 3. The van der Waals surface area contributed by atoms with E-state index in [0.717, 1.165) is 16.6 Å². The predicted molar refractivity (Wildman–Crippen MR) is 80.2 cm³/mol. The molecule has 0 saturated heterocycles. The Bertz CT molecular complexity index is 857. The molecule has 8 nitrogen and oxygen atoms in total. The number of carbonyl (C=O) groups is 2. The minimum atomic E-state index is -1.31. The van der Waals surface area contributed by atoms with Crippen LogP contribution in [0, 0.1) is 0 Å². The Balaban J connectivity index is 2.26. The molecule has 1 aliphatic heterocycles. The van der Waals surface area contributed by atoms with Crippen molar-refractivity contribution in [3.63, 3.8) is 0 Å². The Hall–Kier alpha value is -2.07. The summed E-state index contributed by atoms with van der Waals surface area (Å²) in [4.78, 5) is 41.5. The molecular weight excluding hydrogens is 330 g/mol. The van der Waals surface area contributed by atoms with Crippen molar-refractivity contribution in [1.82, 2.24) is 14.3 Å². The van der Waals surface area contributed by atoms with Crippen molar-refractivity contribution in [1.29, 1.82) is 0 Å². The van der Waals surface area contributed by atoms with Crippen molar-refractivity contribution in [2.45, 2.75) is 18.0 Å². The summed E-state index contributed by atoms with van der Waals surface area (Å²) in [7, 11) is 0. The summed E-state index contributed by atoms with van der Waals surface area (Å²) >= 11 is 2.33. The second-order valence-electron chi connectivity index (χ2n) is 4.65. The second-order valence-corrected chi connectivity index (χ2v) is 6.51. The normalized spacial score (nSPS) is 14.1. The molecule has 0 aliphatic carbocycles. The number of rotatable bonds is 2. The number of carboxylic acids is 1. The Labute approximate surface area is 132 Å². The average Bonchev–Trinajstić information content (AvgIpc) is 2.83. The van der Waals surface area contributed by atoms with Gasteiger partial charge in [-0.25, -0.2) is 14.6 Å². The van der Waals surface area contributed by atoms with Gasteiger partial charge in [0.05, 0.1) is 6.54 Å². The van der Waals surface area contributed by atoms with Gasteiger partial charge < -0.3 is 15.1 Å². The molecule has 1 aliphatic rings. The lowest BCUT2D eigenvalue weighted by molar-refractivity contribution is 0.0690. The lowest BCUT2D eigenvalue weighted by Gasteiger charge is -2.23. The molecule has 2 aromatic rings. The van der Waals surface area contributed by atoms with Crippen LogP contribution >= 0.6 is 23.1 Å². The first-order valence-electron chi connectivity index (χ1n) is 6.26. The Morgan fingerprint density at radius 2 is 2.09 bits per heavy atom. The number of thioether (sulfide) groups is 1. The van der Waals surface area contributed by atoms with Crippen LogP contribution < -0.4 is 5.56 Å². The van der Waals surface area contributed by atoms with E-state index < -0.39 is 17.6 Å². The van der Waals surface area contributed by atoms with Crippen molar-refractivity contribution in [3.05, 3.63) is 26.5 Å². The molecule has 1 amide bonds. The molecular formula is C12H11N3O5S2. The first-order valence-corrected chi connectivity index (χ1v) is 8.30. The molecule has 3 rings (SSSR count). The van der Waals surface area contributed by atoms with E-state index in [1.54, 1.807) is 6.26 Å². The van der Waals surface area contributed by atoms with Gasteiger partial charge in [-0.15, -0.1) is 11.8 Å². The zero-order valence-electron chi connectivity index (χ0n) is 11.4. The van der Waals surface area contributed by atoms with Gasteiger partial charge in [-0.2, -0.15) is 0 Å². The van der Waals surface area contributed by atoms with E-state index in [1.807, 2.05) is 0 Å². The van der Waals surface area contributed by atoms with E-state index in [1.165, 1.54) is 20.6 Å². The van der Waals surface area contributed by atoms with Crippen LogP contribution in [0.4, 0.5) is 4.79 Å². The number of aromatic carboxylic acids is 1. The van der Waals surface area contributed by atoms with Crippen molar-refractivity contribution in [2.75, 3.05) is 12.8 Å². The number of hydrogen-bond donors (Lipinski definition) is 2. The molecule has 2 aromatic heterocycles. The third-order valence-electron chi connectivity index (χ3n) is 3.46. The van der Waals surface area contributed by atoms with Gasteiger partial charge in [0.15, 0.2) is 10.5 Å². The van der Waals surface area contributed by atoms with E-state index in [9.17, 15) is 19.5 Å². The summed E-state index contributed by atoms with van der Waals surface area (Å²) in [6.45, 7) is 0.461. The summed E-state index contributed by atoms with van der Waals surface area (Å²) in [6.07, 6.45) is 1.00. The largest absolute Gasteiger partial charge is 0.477 e. The van der Waals surface area contributed by atoms with E-state index >= 15 is 0 Å². The van der Waals surface area contributed by atoms with E-state index in [4.69, 9.17) is 5.11 Å². The molecule has 0 saturated carbocycles. The highest BCUT2D eigenvalue weighted by Crippen LogP contribution is 2.28. The van der Waals surface area contributed by atoms with Crippen molar-refractivity contribution in [2.24, 2.45) is 0 Å². The van der Waals surface area contributed by atoms with Gasteiger partial charge in [0.2, 0.25) is 0 Å². The first kappa shape index (κ1) is 14.9. The molecule has 0 fully saturated rings. The summed E-state index contributed by atoms with van der Waals surface area (Å²) in [5, 5.41) is 18.5. The number of thiazole rings is 1. The van der Waals surface area contributed by atoms with Gasteiger partial charge in [0.25, 0.3) is 5.56 Å². The second kappa shape index (κ2) is 5.29. The third kappa shape index (κ3) is 2.15. The van der Waals surface area contributed by atoms with E-state index in [-0.39, 0.29) is 23.7 Å². The van der Waals surface area contributed by atoms with Crippen LogP contribution in [0.5, 0.6) is 0 Å². The van der Waals surface area contributed by atoms with Gasteiger partial charge in [-0.05, 0) is 6.26 Å². The standard InChI is InChI=1S/C12H11N3O5S2/c1-21-8-7(10(17)18)9(16)15-5-2-3-14(12(19)20)4-6(5)22-11(15)13-8/h2-4H2,1H3,(H,17,18)(H,19,20). The van der Waals surface area contributed by atoms with Crippen LogP contribution in [0.1, 0.15) is 20.9 Å². The van der Waals surface area contributed by atoms with Crippen LogP contribution in [0.25, 0.3) is 4.96 Å². The van der Waals surface area contributed by atoms with Gasteiger partial charge >= 0.3 is 12.1 Å². The van der Waals surface area contributed by atoms with Gasteiger partial charge in [-0.1, -0.05) is 11.3 Å². The van der Waals surface area contributed by atoms with Crippen molar-refractivity contribution < 1.29 is 19.8 Å². The van der Waals surface area contributed by atoms with E-state index in [0.29, 0.717) is 17.1 Å². The minimum Gasteiger partial charge on any atom is -0.477 e. The smallest absolute Gasteiger partial charge is 0.407 e. The molecule has 2 N–H and O–H groups in total. The van der Waals surface area contributed by atoms with E-state index in [2.05, 4.69) is 4.98 Å². The molecule has 10 heteroatoms. The summed E-state index contributed by atoms with van der Waals surface area (Å²) in [5.41, 5.74) is -0.292. The number of carboxylic acid groups (broad SMARTS) is 2. The number of aromatic nitrogens is 2. The molecule has 22 heavy (non-hydrogen) atoms. The highest BCUT2D eigenvalue weighted by molar-refractivity contribution is 7.98. The monoisotopic (exact) mass is 341 g/mol. The zero-order chi connectivity index (χ0) is 16.0. The van der Waals surface area contributed by atoms with Crippen LogP contribution in [0.15, 0.2) is 9.82 Å². The van der Waals surface area contributed by atoms with Crippen LogP contribution in [0.3, 0.4) is 0 Å². The Morgan fingerprint density at radius 1 is 1.36 bits per heavy atom.